The highest BCUT2D eigenvalue weighted by Crippen LogP contribution is 2.27. The highest BCUT2D eigenvalue weighted by Gasteiger charge is 2.41. The molecule has 0 aromatic heterocycles. The van der Waals surface area contributed by atoms with Crippen molar-refractivity contribution in [2.24, 2.45) is 11.1 Å². The first-order chi connectivity index (χ1) is 23.5. The molecule has 0 saturated heterocycles. The highest BCUT2D eigenvalue weighted by molar-refractivity contribution is 9.10. The van der Waals surface area contributed by atoms with Crippen molar-refractivity contribution in [2.45, 2.75) is 79.8 Å². The van der Waals surface area contributed by atoms with Crippen LogP contribution in [-0.4, -0.2) is 147 Å². The fourth-order valence-corrected chi connectivity index (χ4v) is 4.06. The Kier molecular flexibility index (Phi) is 24.1. The zero-order chi connectivity index (χ0) is 39.3. The van der Waals surface area contributed by atoms with Crippen LogP contribution in [0.3, 0.4) is 0 Å². The van der Waals surface area contributed by atoms with E-state index in [9.17, 15) is 24.0 Å². The second kappa shape index (κ2) is 24.8. The van der Waals surface area contributed by atoms with Crippen molar-refractivity contribution in [1.29, 1.82) is 0 Å². The molecule has 298 valence electrons. The largest absolute Gasteiger partial charge is 0.464 e. The van der Waals surface area contributed by atoms with Gasteiger partial charge < -0.3 is 49.7 Å². The molecular weight excluding hydrogens is 868 g/mol. The number of hydrogen-bond donors (Lipinski definition) is 3. The third-order valence-electron chi connectivity index (χ3n) is 6.82. The first-order valence-electron chi connectivity index (χ1n) is 16.8. The number of nitrogens with one attached hydrogen (secondary N) is 2. The molecule has 0 aliphatic heterocycles. The van der Waals surface area contributed by atoms with Crippen molar-refractivity contribution in [3.8, 4) is 0 Å². The molecule has 4 N–H and O–H groups in total. The quantitative estimate of drug-likeness (QED) is 0.0449. The Morgan fingerprint density at radius 2 is 1.08 bits per heavy atom. The number of alkyl halides is 3. The van der Waals surface area contributed by atoms with Gasteiger partial charge in [0.05, 0.1) is 44.5 Å². The van der Waals surface area contributed by atoms with Crippen LogP contribution in [0.15, 0.2) is 0 Å². The summed E-state index contributed by atoms with van der Waals surface area (Å²) in [6.07, 6.45) is 2.50. The number of hydrogen-bond acceptors (Lipinski definition) is 13. The lowest BCUT2D eigenvalue weighted by atomic mass is 9.92. The van der Waals surface area contributed by atoms with Gasteiger partial charge in [-0.05, 0) is 75.0 Å². The smallest absolute Gasteiger partial charge is 0.322 e. The van der Waals surface area contributed by atoms with Crippen LogP contribution in [0.2, 0.25) is 0 Å². The number of nitrogens with two attached hydrogens (primary N) is 1. The number of rotatable bonds is 28. The number of carbonyl (C=O) groups is 5. The van der Waals surface area contributed by atoms with Gasteiger partial charge in [-0.1, -0.05) is 54.2 Å². The Balaban J connectivity index is 4.80. The van der Waals surface area contributed by atoms with E-state index in [1.54, 1.807) is 41.5 Å². The molecule has 0 fully saturated rings. The Morgan fingerprint density at radius 1 is 0.647 bits per heavy atom. The van der Waals surface area contributed by atoms with Gasteiger partial charge in [0, 0.05) is 13.1 Å². The number of halogens is 3. The molecule has 0 aliphatic rings. The molecular formula is C33H59Br3N4O11. The predicted octanol–water partition coefficient (Wildman–Crippen LogP) is 2.46. The average molecular weight is 928 g/mol. The SMILES string of the molecule is CN(C)CCCCC(N)C(=O)NCCOCCOCCNC(=O)COCC(COC(=O)C(C)(C)Br)(COC(=O)C(C)(C)Br)COC(=O)C(C)(C)Br. The van der Waals surface area contributed by atoms with Crippen molar-refractivity contribution in [1.82, 2.24) is 15.5 Å². The molecule has 0 rings (SSSR count). The zero-order valence-electron chi connectivity index (χ0n) is 31.3. The van der Waals surface area contributed by atoms with E-state index in [0.29, 0.717) is 26.2 Å². The summed E-state index contributed by atoms with van der Waals surface area (Å²) in [4.78, 5) is 64.5. The van der Waals surface area contributed by atoms with Crippen molar-refractivity contribution >= 4 is 77.5 Å². The summed E-state index contributed by atoms with van der Waals surface area (Å²) in [5.74, 6) is -2.48. The van der Waals surface area contributed by atoms with Crippen LogP contribution in [0.4, 0.5) is 0 Å². The molecule has 0 radical (unpaired) electrons. The number of amides is 2. The number of nitrogens with zero attached hydrogens (tertiary/aromatic N) is 1. The van der Waals surface area contributed by atoms with Gasteiger partial charge in [0.15, 0.2) is 0 Å². The lowest BCUT2D eigenvalue weighted by Gasteiger charge is -2.34. The maximum atomic E-state index is 12.6. The van der Waals surface area contributed by atoms with Gasteiger partial charge in [-0.3, -0.25) is 24.0 Å². The maximum absolute atomic E-state index is 12.6. The average Bonchev–Trinajstić information content (AvgIpc) is 3.02. The second-order valence-corrected chi connectivity index (χ2v) is 19.9. The molecule has 51 heavy (non-hydrogen) atoms. The van der Waals surface area contributed by atoms with Gasteiger partial charge in [-0.25, -0.2) is 0 Å². The van der Waals surface area contributed by atoms with Crippen LogP contribution in [-0.2, 0) is 52.4 Å². The first-order valence-corrected chi connectivity index (χ1v) is 19.1. The molecule has 0 aliphatic carbocycles. The summed E-state index contributed by atoms with van der Waals surface area (Å²) in [6.45, 7) is 10.5. The Morgan fingerprint density at radius 3 is 1.49 bits per heavy atom. The van der Waals surface area contributed by atoms with Crippen molar-refractivity contribution in [2.75, 3.05) is 93.2 Å². The van der Waals surface area contributed by atoms with Crippen LogP contribution in [0.5, 0.6) is 0 Å². The molecule has 0 aromatic carbocycles. The summed E-state index contributed by atoms with van der Waals surface area (Å²) < 4.78 is 30.1. The summed E-state index contributed by atoms with van der Waals surface area (Å²) in [5, 5.41) is 5.43. The lowest BCUT2D eigenvalue weighted by Crippen LogP contribution is -2.47. The fraction of sp³-hybridized carbons (Fsp3) is 0.848. The minimum absolute atomic E-state index is 0.198. The predicted molar refractivity (Wildman–Crippen MR) is 203 cm³/mol. The second-order valence-electron chi connectivity index (χ2n) is 13.9. The fourth-order valence-electron chi connectivity index (χ4n) is 3.72. The first kappa shape index (κ1) is 49.6. The van der Waals surface area contributed by atoms with E-state index in [0.717, 1.165) is 19.4 Å². The van der Waals surface area contributed by atoms with Gasteiger partial charge in [0.25, 0.3) is 0 Å². The monoisotopic (exact) mass is 924 g/mol. The molecule has 0 bridgehead atoms. The maximum Gasteiger partial charge on any atom is 0.322 e. The van der Waals surface area contributed by atoms with E-state index in [4.69, 9.17) is 34.2 Å². The number of unbranched alkanes of at least 4 members (excludes halogenated alkanes) is 1. The Hall–Kier alpha value is -1.41. The molecule has 2 amide bonds. The summed E-state index contributed by atoms with van der Waals surface area (Å²) in [7, 11) is 4.01. The summed E-state index contributed by atoms with van der Waals surface area (Å²) >= 11 is 9.77. The third-order valence-corrected chi connectivity index (χ3v) is 7.79. The number of carbonyl (C=O) groups excluding carboxylic acids is 5. The van der Waals surface area contributed by atoms with Crippen LogP contribution in [0, 0.1) is 5.41 Å². The molecule has 0 spiro atoms. The van der Waals surface area contributed by atoms with Gasteiger partial charge in [0.1, 0.15) is 39.4 Å². The van der Waals surface area contributed by atoms with E-state index in [1.807, 2.05) is 14.1 Å². The van der Waals surface area contributed by atoms with Gasteiger partial charge in [0.2, 0.25) is 11.8 Å². The van der Waals surface area contributed by atoms with Gasteiger partial charge in [-0.2, -0.15) is 0 Å². The van der Waals surface area contributed by atoms with E-state index in [1.165, 1.54) is 0 Å². The lowest BCUT2D eigenvalue weighted by molar-refractivity contribution is -0.170. The Bertz CT molecular complexity index is 1000. The highest BCUT2D eigenvalue weighted by atomic mass is 79.9. The van der Waals surface area contributed by atoms with E-state index >= 15 is 0 Å². The summed E-state index contributed by atoms with van der Waals surface area (Å²) in [6, 6.07) is -0.539. The molecule has 1 atom stereocenters. The summed E-state index contributed by atoms with van der Waals surface area (Å²) in [5.41, 5.74) is 4.59. The molecule has 15 nitrogen and oxygen atoms in total. The standard InChI is InChI=1S/C33H59Br3N4O11/c1-30(2,34)27(43)49-21-33(22-50-28(44)31(3,4)35,23-51-29(45)32(5,6)36)20-48-19-25(41)38-12-15-46-17-18-47-16-13-39-26(42)24(37)11-9-10-14-40(7)8/h24H,9-23,37H2,1-8H3,(H,38,41)(H,39,42). The van der Waals surface area contributed by atoms with Gasteiger partial charge in [-0.15, -0.1) is 0 Å². The Labute approximate surface area is 328 Å². The number of ether oxygens (including phenoxy) is 6. The zero-order valence-corrected chi connectivity index (χ0v) is 36.1. The van der Waals surface area contributed by atoms with E-state index in [2.05, 4.69) is 63.3 Å². The van der Waals surface area contributed by atoms with Crippen LogP contribution < -0.4 is 16.4 Å². The van der Waals surface area contributed by atoms with Crippen LogP contribution >= 0.6 is 47.8 Å². The molecule has 18 heteroatoms. The van der Waals surface area contributed by atoms with Crippen LogP contribution in [0.25, 0.3) is 0 Å². The molecule has 0 heterocycles. The normalized spacial score (nSPS) is 13.0. The molecule has 0 aromatic rings. The molecule has 1 unspecified atom stereocenters. The van der Waals surface area contributed by atoms with E-state index in [-0.39, 0.29) is 58.7 Å². The van der Waals surface area contributed by atoms with Crippen molar-refractivity contribution in [3.05, 3.63) is 0 Å². The van der Waals surface area contributed by atoms with E-state index < -0.39 is 48.2 Å². The van der Waals surface area contributed by atoms with Crippen molar-refractivity contribution < 1.29 is 52.4 Å². The minimum Gasteiger partial charge on any atom is -0.464 e. The van der Waals surface area contributed by atoms with Gasteiger partial charge >= 0.3 is 17.9 Å². The topological polar surface area (TPSA) is 194 Å². The van der Waals surface area contributed by atoms with Crippen LogP contribution in [0.1, 0.15) is 60.8 Å². The number of esters is 3. The third kappa shape index (κ3) is 24.5. The molecule has 0 saturated carbocycles. The van der Waals surface area contributed by atoms with Crippen molar-refractivity contribution in [3.63, 3.8) is 0 Å². The minimum atomic E-state index is -1.35.